The Balaban J connectivity index is 2.11. The molecule has 6 heteroatoms. The highest BCUT2D eigenvalue weighted by Crippen LogP contribution is 2.37. The summed E-state index contributed by atoms with van der Waals surface area (Å²) < 4.78 is 31.8. The molecule has 0 radical (unpaired) electrons. The molecule has 1 heterocycles. The molecule has 0 amide bonds. The van der Waals surface area contributed by atoms with E-state index in [0.29, 0.717) is 29.8 Å². The Bertz CT molecular complexity index is 632. The van der Waals surface area contributed by atoms with Crippen LogP contribution in [-0.2, 0) is 0 Å². The number of aliphatic hydroxyl groups excluding tert-OH is 1. The first-order valence-corrected chi connectivity index (χ1v) is 9.12. The summed E-state index contributed by atoms with van der Waals surface area (Å²) in [5, 5.41) is 9.27. The molecular formula is C20H27F2NO3. The van der Waals surface area contributed by atoms with Crippen LogP contribution in [0.2, 0.25) is 0 Å². The molecule has 1 N–H and O–H groups in total. The molecule has 144 valence electrons. The quantitative estimate of drug-likeness (QED) is 0.686. The van der Waals surface area contributed by atoms with Crippen LogP contribution in [0.25, 0.3) is 6.08 Å². The van der Waals surface area contributed by atoms with E-state index in [0.717, 1.165) is 6.42 Å². The van der Waals surface area contributed by atoms with E-state index < -0.39 is 5.92 Å². The number of aliphatic hydroxyl groups is 1. The van der Waals surface area contributed by atoms with Gasteiger partial charge in [0.05, 0.1) is 7.11 Å². The van der Waals surface area contributed by atoms with Crippen LogP contribution in [0.3, 0.4) is 0 Å². The second-order valence-corrected chi connectivity index (χ2v) is 6.96. The number of methoxy groups -OCH3 is 1. The predicted molar refractivity (Wildman–Crippen MR) is 96.5 cm³/mol. The lowest BCUT2D eigenvalue weighted by molar-refractivity contribution is -0.0410. The molecule has 0 aliphatic heterocycles. The van der Waals surface area contributed by atoms with E-state index in [4.69, 9.17) is 4.74 Å². The lowest BCUT2D eigenvalue weighted by Crippen LogP contribution is -2.23. The average Bonchev–Trinajstić information content (AvgIpc) is 2.64. The monoisotopic (exact) mass is 367 g/mol. The summed E-state index contributed by atoms with van der Waals surface area (Å²) in [5.74, 6) is -2.19. The van der Waals surface area contributed by atoms with E-state index in [2.05, 4.69) is 4.98 Å². The third kappa shape index (κ3) is 5.59. The number of allylic oxidation sites excluding steroid dienone is 1. The van der Waals surface area contributed by atoms with Crippen molar-refractivity contribution in [3.8, 4) is 5.88 Å². The number of nitrogens with zero attached hydrogens (tertiary/aromatic N) is 1. The van der Waals surface area contributed by atoms with Gasteiger partial charge in [-0.3, -0.25) is 4.79 Å². The van der Waals surface area contributed by atoms with Crippen LogP contribution in [0.4, 0.5) is 8.78 Å². The number of rotatable bonds is 8. The van der Waals surface area contributed by atoms with E-state index in [1.54, 1.807) is 12.1 Å². The summed E-state index contributed by atoms with van der Waals surface area (Å²) in [6.45, 7) is 1.91. The summed E-state index contributed by atoms with van der Waals surface area (Å²) in [6, 6.07) is 1.71. The molecule has 0 unspecified atom stereocenters. The van der Waals surface area contributed by atoms with Crippen molar-refractivity contribution in [2.75, 3.05) is 13.7 Å². The van der Waals surface area contributed by atoms with Gasteiger partial charge in [0.1, 0.15) is 0 Å². The Kier molecular flexibility index (Phi) is 7.26. The van der Waals surface area contributed by atoms with E-state index >= 15 is 0 Å². The first-order valence-electron chi connectivity index (χ1n) is 9.12. The van der Waals surface area contributed by atoms with Gasteiger partial charge >= 0.3 is 0 Å². The molecule has 1 fully saturated rings. The molecule has 0 aromatic carbocycles. The van der Waals surface area contributed by atoms with Gasteiger partial charge in [-0.1, -0.05) is 25.5 Å². The number of Topliss-reactive ketones (excluding diaryl/α,β-unsaturated/α-hetero) is 1. The Morgan fingerprint density at radius 3 is 2.73 bits per heavy atom. The highest BCUT2D eigenvalue weighted by atomic mass is 19.3. The van der Waals surface area contributed by atoms with Crippen LogP contribution in [0.1, 0.15) is 61.4 Å². The molecule has 1 saturated carbocycles. The van der Waals surface area contributed by atoms with Crippen molar-refractivity contribution in [1.29, 1.82) is 0 Å². The van der Waals surface area contributed by atoms with E-state index in [1.165, 1.54) is 13.3 Å². The fourth-order valence-electron chi connectivity index (χ4n) is 3.12. The van der Waals surface area contributed by atoms with Crippen molar-refractivity contribution >= 4 is 11.9 Å². The minimum Gasteiger partial charge on any atom is -0.481 e. The predicted octanol–water partition coefficient (Wildman–Crippen LogP) is 4.52. The maximum absolute atomic E-state index is 13.3. The van der Waals surface area contributed by atoms with Crippen molar-refractivity contribution < 1.29 is 23.4 Å². The highest BCUT2D eigenvalue weighted by Gasteiger charge is 2.33. The number of carbonyl (C=O) groups excluding carboxylic acids is 1. The zero-order valence-corrected chi connectivity index (χ0v) is 15.4. The Morgan fingerprint density at radius 1 is 1.46 bits per heavy atom. The minimum absolute atomic E-state index is 0.0229. The van der Waals surface area contributed by atoms with E-state index in [1.807, 2.05) is 13.0 Å². The van der Waals surface area contributed by atoms with Crippen LogP contribution in [0.15, 0.2) is 18.3 Å². The average molecular weight is 367 g/mol. The molecule has 1 aliphatic rings. The van der Waals surface area contributed by atoms with Gasteiger partial charge in [-0.2, -0.15) is 0 Å². The maximum Gasteiger partial charge on any atom is 0.248 e. The largest absolute Gasteiger partial charge is 0.481 e. The normalized spacial score (nSPS) is 18.8. The molecule has 26 heavy (non-hydrogen) atoms. The second-order valence-electron chi connectivity index (χ2n) is 6.96. The van der Waals surface area contributed by atoms with Gasteiger partial charge in [0.2, 0.25) is 11.8 Å². The standard InChI is InChI=1S/C20H27F2NO3/c1-3-14(13-24)10-18(25)17-11-16(19(26-2)23-12-17)5-4-15-6-8-20(21,22)9-7-15/h4-5,11-12,14-15,24H,3,6-10,13H2,1-2H3/b5-4+/t14-/m0/s1. The number of ketones is 1. The van der Waals surface area contributed by atoms with Gasteiger partial charge in [-0.15, -0.1) is 0 Å². The summed E-state index contributed by atoms with van der Waals surface area (Å²) in [7, 11) is 1.50. The number of alkyl halides is 2. The third-order valence-electron chi connectivity index (χ3n) is 5.01. The number of carbonyl (C=O) groups is 1. The van der Waals surface area contributed by atoms with E-state index in [-0.39, 0.29) is 43.5 Å². The smallest absolute Gasteiger partial charge is 0.248 e. The number of hydrogen-bond acceptors (Lipinski definition) is 4. The molecule has 2 rings (SSSR count). The third-order valence-corrected chi connectivity index (χ3v) is 5.01. The maximum atomic E-state index is 13.3. The van der Waals surface area contributed by atoms with Crippen molar-refractivity contribution in [2.45, 2.75) is 51.4 Å². The highest BCUT2D eigenvalue weighted by molar-refractivity contribution is 5.96. The van der Waals surface area contributed by atoms with E-state index in [9.17, 15) is 18.7 Å². The molecule has 1 aliphatic carbocycles. The molecular weight excluding hydrogens is 340 g/mol. The number of ether oxygens (including phenoxy) is 1. The summed E-state index contributed by atoms with van der Waals surface area (Å²) in [5.41, 5.74) is 1.13. The van der Waals surface area contributed by atoms with Gasteiger partial charge in [0.15, 0.2) is 5.78 Å². The number of halogens is 2. The fourth-order valence-corrected chi connectivity index (χ4v) is 3.12. The SMILES string of the molecule is CC[C@H](CO)CC(=O)c1cnc(OC)c(/C=C/C2CCC(F)(F)CC2)c1. The topological polar surface area (TPSA) is 59.4 Å². The van der Waals surface area contributed by atoms with Crippen LogP contribution in [0, 0.1) is 11.8 Å². The molecule has 1 atom stereocenters. The van der Waals surface area contributed by atoms with Crippen LogP contribution < -0.4 is 4.74 Å². The summed E-state index contributed by atoms with van der Waals surface area (Å²) >= 11 is 0. The first kappa shape index (κ1) is 20.5. The Labute approximate surface area is 153 Å². The van der Waals surface area contributed by atoms with Gasteiger partial charge in [-0.05, 0) is 30.7 Å². The summed E-state index contributed by atoms with van der Waals surface area (Å²) in [4.78, 5) is 16.6. The summed E-state index contributed by atoms with van der Waals surface area (Å²) in [6.07, 6.45) is 6.91. The molecule has 1 aromatic rings. The Hall–Kier alpha value is -1.82. The van der Waals surface area contributed by atoms with Crippen molar-refractivity contribution in [3.05, 3.63) is 29.5 Å². The molecule has 4 nitrogen and oxygen atoms in total. The van der Waals surface area contributed by atoms with Crippen molar-refractivity contribution in [2.24, 2.45) is 11.8 Å². The van der Waals surface area contributed by atoms with Gasteiger partial charge < -0.3 is 9.84 Å². The Morgan fingerprint density at radius 2 is 2.15 bits per heavy atom. The van der Waals surface area contributed by atoms with Gasteiger partial charge in [0, 0.05) is 43.2 Å². The van der Waals surface area contributed by atoms with Crippen LogP contribution in [0.5, 0.6) is 5.88 Å². The minimum atomic E-state index is -2.54. The molecule has 0 saturated heterocycles. The van der Waals surface area contributed by atoms with Crippen molar-refractivity contribution in [3.63, 3.8) is 0 Å². The molecule has 1 aromatic heterocycles. The van der Waals surface area contributed by atoms with Crippen molar-refractivity contribution in [1.82, 2.24) is 4.98 Å². The van der Waals surface area contributed by atoms with Gasteiger partial charge in [0.25, 0.3) is 0 Å². The van der Waals surface area contributed by atoms with Gasteiger partial charge in [-0.25, -0.2) is 13.8 Å². The van der Waals surface area contributed by atoms with Crippen LogP contribution in [-0.4, -0.2) is 35.5 Å². The fraction of sp³-hybridized carbons (Fsp3) is 0.600. The number of pyridine rings is 1. The lowest BCUT2D eigenvalue weighted by Gasteiger charge is -2.26. The zero-order valence-electron chi connectivity index (χ0n) is 15.4. The first-order chi connectivity index (χ1) is 12.4. The zero-order chi connectivity index (χ0) is 19.2. The molecule has 0 spiro atoms. The lowest BCUT2D eigenvalue weighted by atomic mass is 9.86. The van der Waals surface area contributed by atoms with Crippen LogP contribution >= 0.6 is 0 Å². The number of hydrogen-bond donors (Lipinski definition) is 1. The second kappa shape index (κ2) is 9.21. The number of aromatic nitrogens is 1. The molecule has 0 bridgehead atoms.